The van der Waals surface area contributed by atoms with Crippen molar-refractivity contribution in [2.75, 3.05) is 31.0 Å². The smallest absolute Gasteiger partial charge is 0.272 e. The van der Waals surface area contributed by atoms with Gasteiger partial charge in [0.2, 0.25) is 11.8 Å². The van der Waals surface area contributed by atoms with Gasteiger partial charge in [-0.1, -0.05) is 23.7 Å². The van der Waals surface area contributed by atoms with Crippen molar-refractivity contribution in [1.29, 1.82) is 5.26 Å². The predicted molar refractivity (Wildman–Crippen MR) is 149 cm³/mol. The average molecular weight is 544 g/mol. The molecule has 0 aliphatic carbocycles. The molecule has 0 fully saturated rings. The molecule has 4 heterocycles. The lowest BCUT2D eigenvalue weighted by atomic mass is 10.0. The highest BCUT2D eigenvalue weighted by Crippen LogP contribution is 2.46. The molecule has 1 aliphatic heterocycles. The molecule has 11 heteroatoms. The second-order valence-corrected chi connectivity index (χ2v) is 10.1. The van der Waals surface area contributed by atoms with Gasteiger partial charge in [0.05, 0.1) is 46.3 Å². The molecule has 0 spiro atoms. The molecule has 1 aromatic carbocycles. The molecule has 1 aliphatic rings. The molecule has 10 nitrogen and oxygen atoms in total. The van der Waals surface area contributed by atoms with Crippen LogP contribution in [0.1, 0.15) is 53.1 Å². The lowest BCUT2D eigenvalue weighted by Gasteiger charge is -2.28. The van der Waals surface area contributed by atoms with E-state index in [0.717, 1.165) is 5.56 Å². The molecule has 5 rings (SSSR count). The molecule has 0 bridgehead atoms. The Balaban J connectivity index is 1.79. The predicted octanol–water partition coefficient (Wildman–Crippen LogP) is 4.56. The van der Waals surface area contributed by atoms with Crippen LogP contribution in [-0.2, 0) is 0 Å². The van der Waals surface area contributed by atoms with Crippen LogP contribution in [0.3, 0.4) is 0 Å². The molecule has 1 unspecified atom stereocenters. The quantitative estimate of drug-likeness (QED) is 0.378. The van der Waals surface area contributed by atoms with E-state index in [2.05, 4.69) is 21.0 Å². The summed E-state index contributed by atoms with van der Waals surface area (Å²) in [7, 11) is 5.22. The molecular weight excluding hydrogens is 518 g/mol. The summed E-state index contributed by atoms with van der Waals surface area (Å²) in [4.78, 5) is 41.9. The number of carbonyl (C=O) groups is 1. The van der Waals surface area contributed by atoms with Crippen molar-refractivity contribution in [3.8, 4) is 23.2 Å². The van der Waals surface area contributed by atoms with E-state index in [1.165, 1.54) is 17.2 Å². The zero-order valence-electron chi connectivity index (χ0n) is 22.1. The van der Waals surface area contributed by atoms with Crippen LogP contribution in [0, 0.1) is 11.3 Å². The van der Waals surface area contributed by atoms with E-state index in [1.807, 2.05) is 32.5 Å². The Morgan fingerprint density at radius 3 is 2.49 bits per heavy atom. The van der Waals surface area contributed by atoms with Crippen molar-refractivity contribution in [2.24, 2.45) is 0 Å². The fraction of sp³-hybridized carbons (Fsp3) is 0.250. The van der Waals surface area contributed by atoms with Gasteiger partial charge >= 0.3 is 0 Å². The Hall–Kier alpha value is -4.62. The number of halogens is 1. The number of benzene rings is 1. The maximum atomic E-state index is 14.1. The van der Waals surface area contributed by atoms with Crippen LogP contribution in [0.25, 0.3) is 11.3 Å². The molecule has 0 saturated heterocycles. The molecule has 3 aromatic heterocycles. The lowest BCUT2D eigenvalue weighted by Crippen LogP contribution is -2.34. The van der Waals surface area contributed by atoms with Gasteiger partial charge in [-0.15, -0.1) is 0 Å². The number of aromatic amines is 1. The molecule has 1 amide bonds. The number of ether oxygens (including phenoxy) is 1. The number of fused-ring (bicyclic) bond motifs is 1. The third-order valence-electron chi connectivity index (χ3n) is 6.63. The number of methoxy groups -OCH3 is 1. The topological polar surface area (TPSA) is 120 Å². The van der Waals surface area contributed by atoms with Crippen molar-refractivity contribution in [3.63, 3.8) is 0 Å². The number of H-pyrrole nitrogens is 1. The van der Waals surface area contributed by atoms with Crippen molar-refractivity contribution in [2.45, 2.75) is 25.9 Å². The number of nitrogens with zero attached hydrogens (tertiary/aromatic N) is 6. The Kier molecular flexibility index (Phi) is 6.62. The van der Waals surface area contributed by atoms with Crippen LogP contribution in [0.5, 0.6) is 5.88 Å². The summed E-state index contributed by atoms with van der Waals surface area (Å²) in [6.07, 6.45) is 3.07. The zero-order valence-corrected chi connectivity index (χ0v) is 22.8. The fourth-order valence-corrected chi connectivity index (χ4v) is 5.11. The summed E-state index contributed by atoms with van der Waals surface area (Å²) in [5.74, 6) is 0.513. The number of aromatic nitrogens is 4. The van der Waals surface area contributed by atoms with E-state index in [0.29, 0.717) is 44.9 Å². The van der Waals surface area contributed by atoms with Gasteiger partial charge in [0.25, 0.3) is 11.5 Å². The van der Waals surface area contributed by atoms with Gasteiger partial charge in [-0.05, 0) is 43.7 Å². The second-order valence-electron chi connectivity index (χ2n) is 9.62. The highest BCUT2D eigenvalue weighted by atomic mass is 35.5. The first-order valence-corrected chi connectivity index (χ1v) is 12.6. The third-order valence-corrected chi connectivity index (χ3v) is 6.85. The number of hydrogen-bond acceptors (Lipinski definition) is 7. The van der Waals surface area contributed by atoms with E-state index >= 15 is 0 Å². The summed E-state index contributed by atoms with van der Waals surface area (Å²) in [6, 6.07) is 11.6. The Morgan fingerprint density at radius 1 is 1.15 bits per heavy atom. The number of pyridine rings is 1. The first-order valence-electron chi connectivity index (χ1n) is 12.2. The third kappa shape index (κ3) is 4.30. The van der Waals surface area contributed by atoms with Gasteiger partial charge < -0.3 is 19.2 Å². The second kappa shape index (κ2) is 9.93. The standard InChI is InChI=1S/C28H26ClN7O3/c1-15(2)35-21(20-14-32-28(34(3)4)33-26(20)39-5)11-19-24(35)23(17-8-6-16(12-30)7-9-17)36(27(19)38)22-10-18(29)13-31-25(22)37/h6-11,13-15,23H,1-5H3,(H,31,37). The summed E-state index contributed by atoms with van der Waals surface area (Å²) < 4.78 is 7.68. The first kappa shape index (κ1) is 26.0. The normalized spacial score (nSPS) is 14.5. The minimum Gasteiger partial charge on any atom is -0.480 e. The molecular formula is C28H26ClN7O3. The van der Waals surface area contributed by atoms with Crippen LogP contribution in [0.4, 0.5) is 11.6 Å². The molecule has 0 saturated carbocycles. The maximum absolute atomic E-state index is 14.1. The van der Waals surface area contributed by atoms with Crippen molar-refractivity contribution in [3.05, 3.63) is 86.6 Å². The number of amides is 1. The van der Waals surface area contributed by atoms with E-state index in [4.69, 9.17) is 16.3 Å². The Morgan fingerprint density at radius 2 is 1.87 bits per heavy atom. The van der Waals surface area contributed by atoms with Gasteiger partial charge in [0.1, 0.15) is 11.7 Å². The van der Waals surface area contributed by atoms with Crippen LogP contribution in [0.15, 0.2) is 53.6 Å². The van der Waals surface area contributed by atoms with Gasteiger partial charge in [-0.3, -0.25) is 14.5 Å². The highest BCUT2D eigenvalue weighted by molar-refractivity contribution is 6.30. The van der Waals surface area contributed by atoms with E-state index < -0.39 is 11.6 Å². The Bertz CT molecular complexity index is 1680. The minimum atomic E-state index is -0.663. The molecule has 1 N–H and O–H groups in total. The molecule has 4 aromatic rings. The number of rotatable bonds is 6. The van der Waals surface area contributed by atoms with Crippen molar-refractivity contribution in [1.82, 2.24) is 19.5 Å². The molecule has 198 valence electrons. The van der Waals surface area contributed by atoms with Crippen molar-refractivity contribution >= 4 is 29.1 Å². The number of nitriles is 1. The SMILES string of the molecule is COc1nc(N(C)C)ncc1-c1cc2c(n1C(C)C)C(c1ccc(C#N)cc1)N(c1cc(Cl)c[nH]c1=O)C2=O. The molecule has 39 heavy (non-hydrogen) atoms. The lowest BCUT2D eigenvalue weighted by molar-refractivity contribution is 0.0993. The van der Waals surface area contributed by atoms with Crippen LogP contribution >= 0.6 is 11.6 Å². The monoisotopic (exact) mass is 543 g/mol. The number of hydrogen-bond donors (Lipinski definition) is 1. The average Bonchev–Trinajstić information content (AvgIpc) is 3.44. The van der Waals surface area contributed by atoms with Crippen LogP contribution in [-0.4, -0.2) is 46.6 Å². The van der Waals surface area contributed by atoms with Gasteiger partial charge in [0, 0.05) is 32.5 Å². The van der Waals surface area contributed by atoms with Crippen LogP contribution in [0.2, 0.25) is 5.02 Å². The summed E-state index contributed by atoms with van der Waals surface area (Å²) >= 11 is 6.24. The van der Waals surface area contributed by atoms with Gasteiger partial charge in [-0.2, -0.15) is 10.2 Å². The molecule has 0 radical (unpaired) electrons. The van der Waals surface area contributed by atoms with Crippen LogP contribution < -0.4 is 20.1 Å². The number of anilines is 2. The first-order chi connectivity index (χ1) is 18.7. The molecule has 1 atom stereocenters. The Labute approximate surface area is 230 Å². The van der Waals surface area contributed by atoms with Gasteiger partial charge in [-0.25, -0.2) is 4.98 Å². The number of nitrogens with one attached hydrogen (secondary N) is 1. The summed E-state index contributed by atoms with van der Waals surface area (Å²) in [6.45, 7) is 4.03. The number of carbonyl (C=O) groups excluding carboxylic acids is 1. The maximum Gasteiger partial charge on any atom is 0.272 e. The van der Waals surface area contributed by atoms with Gasteiger partial charge in [0.15, 0.2) is 0 Å². The van der Waals surface area contributed by atoms with Crippen molar-refractivity contribution < 1.29 is 9.53 Å². The summed E-state index contributed by atoms with van der Waals surface area (Å²) in [5.41, 5.74) is 3.39. The largest absolute Gasteiger partial charge is 0.480 e. The van der Waals surface area contributed by atoms with E-state index in [9.17, 15) is 14.9 Å². The summed E-state index contributed by atoms with van der Waals surface area (Å²) in [5, 5.41) is 9.63. The fourth-order valence-electron chi connectivity index (χ4n) is 4.95. The zero-order chi connectivity index (χ0) is 28.0. The highest BCUT2D eigenvalue weighted by Gasteiger charge is 2.44. The van der Waals surface area contributed by atoms with E-state index in [1.54, 1.807) is 48.5 Å². The van der Waals surface area contributed by atoms with E-state index in [-0.39, 0.29) is 17.6 Å². The minimum absolute atomic E-state index is 0.0896.